The molecule has 2 aliphatic rings. The lowest BCUT2D eigenvalue weighted by atomic mass is 10.1. The standard InChI is InChI=1S/C14H13ClFNO3/c15-10-2-1-7(3-11(10)16)6-17-12(5-13(18)19)8-4-9(8)14(17)20/h1-3,8-9,12H,4-6H2,(H,18,19)/t8-,9+,12-/m1/s1. The Morgan fingerprint density at radius 2 is 2.25 bits per heavy atom. The van der Waals surface area contributed by atoms with Crippen molar-refractivity contribution in [1.82, 2.24) is 4.90 Å². The maximum Gasteiger partial charge on any atom is 0.305 e. The number of amides is 1. The molecule has 0 unspecified atom stereocenters. The SMILES string of the molecule is O=C(O)C[C@@H]1[C@@H]2C[C@@H]2C(=O)N1Cc1ccc(Cl)c(F)c1. The van der Waals surface area contributed by atoms with Crippen LogP contribution < -0.4 is 0 Å². The number of carbonyl (C=O) groups is 2. The molecule has 1 amide bonds. The second-order valence-electron chi connectivity index (χ2n) is 5.39. The highest BCUT2D eigenvalue weighted by molar-refractivity contribution is 6.30. The summed E-state index contributed by atoms with van der Waals surface area (Å²) in [6.07, 6.45) is 0.727. The Balaban J connectivity index is 1.79. The molecule has 3 atom stereocenters. The summed E-state index contributed by atoms with van der Waals surface area (Å²) in [6, 6.07) is 4.11. The minimum Gasteiger partial charge on any atom is -0.481 e. The number of hydrogen-bond acceptors (Lipinski definition) is 2. The molecule has 4 nitrogen and oxygen atoms in total. The first-order valence-electron chi connectivity index (χ1n) is 6.43. The number of aliphatic carboxylic acids is 1. The van der Waals surface area contributed by atoms with Crippen LogP contribution in [-0.2, 0) is 16.1 Å². The van der Waals surface area contributed by atoms with Crippen molar-refractivity contribution in [3.8, 4) is 0 Å². The summed E-state index contributed by atoms with van der Waals surface area (Å²) in [7, 11) is 0. The van der Waals surface area contributed by atoms with E-state index in [0.29, 0.717) is 5.56 Å². The van der Waals surface area contributed by atoms with Crippen LogP contribution in [0.2, 0.25) is 5.02 Å². The number of nitrogens with zero attached hydrogens (tertiary/aromatic N) is 1. The third-order valence-corrected chi connectivity index (χ3v) is 4.36. The first-order chi connectivity index (χ1) is 9.47. The number of carboxylic acid groups (broad SMARTS) is 1. The lowest BCUT2D eigenvalue weighted by Crippen LogP contribution is -2.37. The zero-order chi connectivity index (χ0) is 14.4. The topological polar surface area (TPSA) is 57.6 Å². The van der Waals surface area contributed by atoms with Crippen molar-refractivity contribution in [2.45, 2.75) is 25.4 Å². The van der Waals surface area contributed by atoms with Gasteiger partial charge in [0, 0.05) is 18.5 Å². The molecule has 1 N–H and O–H groups in total. The quantitative estimate of drug-likeness (QED) is 0.928. The number of rotatable bonds is 4. The fraction of sp³-hybridized carbons (Fsp3) is 0.429. The molecule has 106 valence electrons. The molecular weight excluding hydrogens is 285 g/mol. The molecule has 1 saturated carbocycles. The third-order valence-electron chi connectivity index (χ3n) is 4.06. The lowest BCUT2D eigenvalue weighted by Gasteiger charge is -2.26. The van der Waals surface area contributed by atoms with Crippen molar-refractivity contribution in [3.63, 3.8) is 0 Å². The van der Waals surface area contributed by atoms with Crippen LogP contribution in [0.5, 0.6) is 0 Å². The van der Waals surface area contributed by atoms with Crippen molar-refractivity contribution in [2.75, 3.05) is 0 Å². The van der Waals surface area contributed by atoms with Crippen molar-refractivity contribution >= 4 is 23.5 Å². The number of benzene rings is 1. The largest absolute Gasteiger partial charge is 0.481 e. The molecule has 0 spiro atoms. The summed E-state index contributed by atoms with van der Waals surface area (Å²) >= 11 is 5.62. The van der Waals surface area contributed by atoms with Gasteiger partial charge in [-0.05, 0) is 30.0 Å². The highest BCUT2D eigenvalue weighted by Gasteiger charge is 2.58. The monoisotopic (exact) mass is 297 g/mol. The second kappa shape index (κ2) is 4.74. The van der Waals surface area contributed by atoms with Crippen LogP contribution >= 0.6 is 11.6 Å². The lowest BCUT2D eigenvalue weighted by molar-refractivity contribution is -0.140. The molecule has 0 radical (unpaired) electrons. The molecule has 0 bridgehead atoms. The van der Waals surface area contributed by atoms with Crippen LogP contribution in [0.25, 0.3) is 0 Å². The van der Waals surface area contributed by atoms with Gasteiger partial charge < -0.3 is 10.0 Å². The summed E-state index contributed by atoms with van der Waals surface area (Å²) in [5.74, 6) is -1.35. The van der Waals surface area contributed by atoms with Gasteiger partial charge in [-0.15, -0.1) is 0 Å². The van der Waals surface area contributed by atoms with E-state index in [-0.39, 0.29) is 41.8 Å². The number of hydrogen-bond donors (Lipinski definition) is 1. The number of likely N-dealkylation sites (tertiary alicyclic amines) is 1. The number of carboxylic acids is 1. The Bertz CT molecular complexity index is 592. The molecule has 1 aliphatic carbocycles. The van der Waals surface area contributed by atoms with Crippen LogP contribution in [-0.4, -0.2) is 27.9 Å². The normalized spacial score (nSPS) is 27.6. The van der Waals surface area contributed by atoms with Crippen molar-refractivity contribution < 1.29 is 19.1 Å². The Morgan fingerprint density at radius 1 is 1.50 bits per heavy atom. The fourth-order valence-corrected chi connectivity index (χ4v) is 3.12. The number of halogens is 2. The van der Waals surface area contributed by atoms with Gasteiger partial charge in [0.25, 0.3) is 0 Å². The van der Waals surface area contributed by atoms with Gasteiger partial charge in [-0.25, -0.2) is 4.39 Å². The van der Waals surface area contributed by atoms with Gasteiger partial charge >= 0.3 is 5.97 Å². The van der Waals surface area contributed by atoms with Gasteiger partial charge in [0.2, 0.25) is 5.91 Å². The van der Waals surface area contributed by atoms with Crippen LogP contribution in [0, 0.1) is 17.7 Å². The predicted octanol–water partition coefficient (Wildman–Crippen LogP) is 2.30. The van der Waals surface area contributed by atoms with Crippen molar-refractivity contribution in [3.05, 3.63) is 34.6 Å². The van der Waals surface area contributed by atoms with Gasteiger partial charge in [-0.1, -0.05) is 17.7 Å². The maximum atomic E-state index is 13.4. The summed E-state index contributed by atoms with van der Waals surface area (Å²) < 4.78 is 13.4. The van der Waals surface area contributed by atoms with E-state index in [2.05, 4.69) is 0 Å². The van der Waals surface area contributed by atoms with E-state index in [9.17, 15) is 14.0 Å². The van der Waals surface area contributed by atoms with Gasteiger partial charge in [0.05, 0.1) is 11.4 Å². The van der Waals surface area contributed by atoms with Crippen molar-refractivity contribution in [2.24, 2.45) is 11.8 Å². The van der Waals surface area contributed by atoms with E-state index in [1.54, 1.807) is 11.0 Å². The molecule has 1 aromatic carbocycles. The molecule has 0 aromatic heterocycles. The molecule has 1 saturated heterocycles. The predicted molar refractivity (Wildman–Crippen MR) is 69.6 cm³/mol. The van der Waals surface area contributed by atoms with Crippen LogP contribution in [0.4, 0.5) is 4.39 Å². The highest BCUT2D eigenvalue weighted by Crippen LogP contribution is 2.51. The molecule has 2 fully saturated rings. The number of piperidine rings is 1. The van der Waals surface area contributed by atoms with E-state index in [0.717, 1.165) is 6.42 Å². The Kier molecular flexibility index (Phi) is 3.17. The van der Waals surface area contributed by atoms with Gasteiger partial charge in [0.15, 0.2) is 0 Å². The van der Waals surface area contributed by atoms with E-state index < -0.39 is 11.8 Å². The fourth-order valence-electron chi connectivity index (χ4n) is 3.00. The van der Waals surface area contributed by atoms with Crippen LogP contribution in [0.15, 0.2) is 18.2 Å². The van der Waals surface area contributed by atoms with Gasteiger partial charge in [0.1, 0.15) is 5.82 Å². The maximum absolute atomic E-state index is 13.4. The first-order valence-corrected chi connectivity index (χ1v) is 6.81. The molecule has 1 aliphatic heterocycles. The van der Waals surface area contributed by atoms with Crippen LogP contribution in [0.1, 0.15) is 18.4 Å². The number of carbonyl (C=O) groups excluding carboxylic acids is 1. The van der Waals surface area contributed by atoms with Crippen molar-refractivity contribution in [1.29, 1.82) is 0 Å². The average Bonchev–Trinajstić information content (AvgIpc) is 3.12. The first kappa shape index (κ1) is 13.4. The van der Waals surface area contributed by atoms with E-state index in [1.807, 2.05) is 0 Å². The van der Waals surface area contributed by atoms with Gasteiger partial charge in [-0.2, -0.15) is 0 Å². The minimum absolute atomic E-state index is 0.0170. The Morgan fingerprint density at radius 3 is 2.90 bits per heavy atom. The molecule has 1 aromatic rings. The molecular formula is C14H13ClFNO3. The van der Waals surface area contributed by atoms with Crippen LogP contribution in [0.3, 0.4) is 0 Å². The molecule has 3 rings (SSSR count). The summed E-state index contributed by atoms with van der Waals surface area (Å²) in [5.41, 5.74) is 0.622. The third kappa shape index (κ3) is 2.26. The zero-order valence-corrected chi connectivity index (χ0v) is 11.3. The van der Waals surface area contributed by atoms with E-state index >= 15 is 0 Å². The Labute approximate surface area is 120 Å². The van der Waals surface area contributed by atoms with Gasteiger partial charge in [-0.3, -0.25) is 9.59 Å². The summed E-state index contributed by atoms with van der Waals surface area (Å²) in [4.78, 5) is 24.6. The zero-order valence-electron chi connectivity index (χ0n) is 10.6. The minimum atomic E-state index is -0.914. The summed E-state index contributed by atoms with van der Waals surface area (Å²) in [5, 5.41) is 8.98. The molecule has 6 heteroatoms. The second-order valence-corrected chi connectivity index (χ2v) is 5.79. The highest BCUT2D eigenvalue weighted by atomic mass is 35.5. The summed E-state index contributed by atoms with van der Waals surface area (Å²) in [6.45, 7) is 0.234. The molecule has 20 heavy (non-hydrogen) atoms. The Hall–Kier alpha value is -1.62. The number of fused-ring (bicyclic) bond motifs is 1. The van der Waals surface area contributed by atoms with E-state index in [1.165, 1.54) is 12.1 Å². The molecule has 1 heterocycles. The smallest absolute Gasteiger partial charge is 0.305 e. The average molecular weight is 298 g/mol. The van der Waals surface area contributed by atoms with E-state index in [4.69, 9.17) is 16.7 Å².